The van der Waals surface area contributed by atoms with Crippen molar-refractivity contribution in [1.82, 2.24) is 15.4 Å². The Morgan fingerprint density at radius 1 is 1.33 bits per heavy atom. The number of benzene rings is 1. The van der Waals surface area contributed by atoms with Crippen LogP contribution in [-0.4, -0.2) is 9.97 Å². The quantitative estimate of drug-likeness (QED) is 0.655. The lowest BCUT2D eigenvalue weighted by Gasteiger charge is -2.15. The molecule has 2 rings (SSSR count). The van der Waals surface area contributed by atoms with E-state index >= 15 is 0 Å². The van der Waals surface area contributed by atoms with E-state index in [1.54, 1.807) is 18.5 Å². The number of aromatic nitrogens is 2. The van der Waals surface area contributed by atoms with Crippen LogP contribution in [0.4, 0.5) is 0 Å². The zero-order chi connectivity index (χ0) is 13.0. The standard InChI is InChI=1S/C13H15ClN4/c1-9-3-4-10(11(14)7-9)8-12(18-15)13-16-5-2-6-17-13/h2-7,12,18H,8,15H2,1H3. The van der Waals surface area contributed by atoms with Crippen LogP contribution < -0.4 is 11.3 Å². The summed E-state index contributed by atoms with van der Waals surface area (Å²) in [7, 11) is 0. The van der Waals surface area contributed by atoms with Gasteiger partial charge in [-0.15, -0.1) is 0 Å². The molecule has 3 N–H and O–H groups in total. The van der Waals surface area contributed by atoms with Gasteiger partial charge in [-0.25, -0.2) is 15.4 Å². The Labute approximate surface area is 111 Å². The summed E-state index contributed by atoms with van der Waals surface area (Å²) in [6.07, 6.45) is 4.05. The van der Waals surface area contributed by atoms with Gasteiger partial charge in [-0.2, -0.15) is 0 Å². The lowest BCUT2D eigenvalue weighted by Crippen LogP contribution is -2.31. The van der Waals surface area contributed by atoms with Gasteiger partial charge in [0, 0.05) is 17.4 Å². The van der Waals surface area contributed by atoms with Gasteiger partial charge in [-0.3, -0.25) is 5.84 Å². The van der Waals surface area contributed by atoms with Gasteiger partial charge in [0.05, 0.1) is 6.04 Å². The molecule has 1 atom stereocenters. The van der Waals surface area contributed by atoms with Gasteiger partial charge in [0.2, 0.25) is 0 Å². The molecule has 1 heterocycles. The highest BCUT2D eigenvalue weighted by Gasteiger charge is 2.14. The van der Waals surface area contributed by atoms with E-state index in [9.17, 15) is 0 Å². The van der Waals surface area contributed by atoms with Crippen molar-refractivity contribution < 1.29 is 0 Å². The molecule has 1 aromatic heterocycles. The molecule has 0 bridgehead atoms. The lowest BCUT2D eigenvalue weighted by atomic mass is 10.0. The Bertz CT molecular complexity index is 516. The monoisotopic (exact) mass is 262 g/mol. The van der Waals surface area contributed by atoms with Crippen molar-refractivity contribution in [3.63, 3.8) is 0 Å². The summed E-state index contributed by atoms with van der Waals surface area (Å²) in [4.78, 5) is 8.39. The maximum absolute atomic E-state index is 6.21. The maximum Gasteiger partial charge on any atom is 0.146 e. The number of aryl methyl sites for hydroxylation is 1. The van der Waals surface area contributed by atoms with Gasteiger partial charge in [0.15, 0.2) is 0 Å². The highest BCUT2D eigenvalue weighted by Crippen LogP contribution is 2.22. The molecule has 94 valence electrons. The van der Waals surface area contributed by atoms with Gasteiger partial charge < -0.3 is 0 Å². The van der Waals surface area contributed by atoms with Crippen LogP contribution in [0.25, 0.3) is 0 Å². The smallest absolute Gasteiger partial charge is 0.146 e. The number of halogens is 1. The van der Waals surface area contributed by atoms with Crippen LogP contribution in [0.3, 0.4) is 0 Å². The summed E-state index contributed by atoms with van der Waals surface area (Å²) in [6.45, 7) is 2.01. The zero-order valence-corrected chi connectivity index (χ0v) is 10.9. The predicted octanol–water partition coefficient (Wildman–Crippen LogP) is 2.19. The molecule has 0 aliphatic rings. The first-order valence-corrected chi connectivity index (χ1v) is 6.06. The average molecular weight is 263 g/mol. The van der Waals surface area contributed by atoms with Gasteiger partial charge in [-0.05, 0) is 36.6 Å². The molecular weight excluding hydrogens is 248 g/mol. The molecule has 0 fully saturated rings. The van der Waals surface area contributed by atoms with Crippen molar-refractivity contribution in [3.05, 3.63) is 58.6 Å². The van der Waals surface area contributed by atoms with Crippen LogP contribution in [0.15, 0.2) is 36.7 Å². The fraction of sp³-hybridized carbons (Fsp3) is 0.231. The van der Waals surface area contributed by atoms with E-state index in [0.717, 1.165) is 16.1 Å². The molecule has 18 heavy (non-hydrogen) atoms. The summed E-state index contributed by atoms with van der Waals surface area (Å²) in [5.74, 6) is 6.22. The second-order valence-corrected chi connectivity index (χ2v) is 4.53. The van der Waals surface area contributed by atoms with E-state index in [1.807, 2.05) is 25.1 Å². The highest BCUT2D eigenvalue weighted by atomic mass is 35.5. The molecule has 4 nitrogen and oxygen atoms in total. The van der Waals surface area contributed by atoms with Crippen molar-refractivity contribution in [3.8, 4) is 0 Å². The van der Waals surface area contributed by atoms with E-state index in [-0.39, 0.29) is 6.04 Å². The fourth-order valence-electron chi connectivity index (χ4n) is 1.75. The maximum atomic E-state index is 6.21. The predicted molar refractivity (Wildman–Crippen MR) is 72.0 cm³/mol. The number of hydrogen-bond acceptors (Lipinski definition) is 4. The van der Waals surface area contributed by atoms with E-state index in [1.165, 1.54) is 0 Å². The molecule has 5 heteroatoms. The molecule has 0 aliphatic carbocycles. The van der Waals surface area contributed by atoms with Crippen LogP contribution >= 0.6 is 11.6 Å². The Balaban J connectivity index is 2.21. The van der Waals surface area contributed by atoms with Crippen molar-refractivity contribution in [2.24, 2.45) is 5.84 Å². The van der Waals surface area contributed by atoms with Crippen LogP contribution in [0, 0.1) is 6.92 Å². The molecule has 1 unspecified atom stereocenters. The number of hydrogen-bond donors (Lipinski definition) is 2. The second-order valence-electron chi connectivity index (χ2n) is 4.13. The average Bonchev–Trinajstić information content (AvgIpc) is 2.39. The SMILES string of the molecule is Cc1ccc(CC(NN)c2ncccn2)c(Cl)c1. The van der Waals surface area contributed by atoms with Gasteiger partial charge in [0.25, 0.3) is 0 Å². The zero-order valence-electron chi connectivity index (χ0n) is 10.1. The number of nitrogens with two attached hydrogens (primary N) is 1. The van der Waals surface area contributed by atoms with Crippen LogP contribution in [0.5, 0.6) is 0 Å². The van der Waals surface area contributed by atoms with Crippen LogP contribution in [-0.2, 0) is 6.42 Å². The molecular formula is C13H15ClN4. The summed E-state index contributed by atoms with van der Waals surface area (Å²) in [6, 6.07) is 7.60. The van der Waals surface area contributed by atoms with Gasteiger partial charge >= 0.3 is 0 Å². The van der Waals surface area contributed by atoms with Crippen LogP contribution in [0.1, 0.15) is 23.0 Å². The minimum Gasteiger partial charge on any atom is -0.271 e. The number of nitrogens with zero attached hydrogens (tertiary/aromatic N) is 2. The van der Waals surface area contributed by atoms with E-state index in [2.05, 4.69) is 15.4 Å². The third-order valence-corrected chi connectivity index (χ3v) is 3.08. The molecule has 0 spiro atoms. The first-order valence-electron chi connectivity index (χ1n) is 5.69. The van der Waals surface area contributed by atoms with E-state index in [4.69, 9.17) is 17.4 Å². The lowest BCUT2D eigenvalue weighted by molar-refractivity contribution is 0.522. The Kier molecular flexibility index (Phi) is 4.25. The molecule has 0 saturated carbocycles. The Morgan fingerprint density at radius 3 is 2.67 bits per heavy atom. The van der Waals surface area contributed by atoms with Gasteiger partial charge in [0.1, 0.15) is 5.82 Å². The Hall–Kier alpha value is -1.49. The van der Waals surface area contributed by atoms with Gasteiger partial charge in [-0.1, -0.05) is 23.7 Å². The number of rotatable bonds is 4. The number of nitrogens with one attached hydrogen (secondary N) is 1. The summed E-state index contributed by atoms with van der Waals surface area (Å²) in [5.41, 5.74) is 4.89. The first kappa shape index (κ1) is 13.0. The summed E-state index contributed by atoms with van der Waals surface area (Å²) < 4.78 is 0. The van der Waals surface area contributed by atoms with E-state index < -0.39 is 0 Å². The third kappa shape index (κ3) is 3.04. The molecule has 0 radical (unpaired) electrons. The molecule has 1 aromatic carbocycles. The third-order valence-electron chi connectivity index (χ3n) is 2.73. The Morgan fingerprint density at radius 2 is 2.06 bits per heavy atom. The van der Waals surface area contributed by atoms with Crippen molar-refractivity contribution >= 4 is 11.6 Å². The van der Waals surface area contributed by atoms with Crippen LogP contribution in [0.2, 0.25) is 5.02 Å². The molecule has 2 aromatic rings. The largest absolute Gasteiger partial charge is 0.271 e. The second kappa shape index (κ2) is 5.91. The van der Waals surface area contributed by atoms with Crippen molar-refractivity contribution in [2.75, 3.05) is 0 Å². The minimum absolute atomic E-state index is 0.147. The topological polar surface area (TPSA) is 63.8 Å². The van der Waals surface area contributed by atoms with Crippen molar-refractivity contribution in [1.29, 1.82) is 0 Å². The molecule has 0 amide bonds. The highest BCUT2D eigenvalue weighted by molar-refractivity contribution is 6.31. The summed E-state index contributed by atoms with van der Waals surface area (Å²) >= 11 is 6.21. The first-order chi connectivity index (χ1) is 8.70. The minimum atomic E-state index is -0.147. The number of hydrazine groups is 1. The summed E-state index contributed by atoms with van der Waals surface area (Å²) in [5, 5.41) is 0.742. The normalized spacial score (nSPS) is 12.4. The van der Waals surface area contributed by atoms with E-state index in [0.29, 0.717) is 12.2 Å². The molecule has 0 saturated heterocycles. The molecule has 0 aliphatic heterocycles. The van der Waals surface area contributed by atoms with Crippen molar-refractivity contribution in [2.45, 2.75) is 19.4 Å². The fourth-order valence-corrected chi connectivity index (χ4v) is 2.07.